The molecule has 3 N–H and O–H groups in total. The lowest BCUT2D eigenvalue weighted by Gasteiger charge is -2.31. The minimum absolute atomic E-state index is 0.0444. The second-order valence-corrected chi connectivity index (χ2v) is 9.69. The summed E-state index contributed by atoms with van der Waals surface area (Å²) < 4.78 is 7.23. The van der Waals surface area contributed by atoms with Crippen molar-refractivity contribution in [3.63, 3.8) is 0 Å². The summed E-state index contributed by atoms with van der Waals surface area (Å²) in [6.07, 6.45) is -1.99. The maximum absolute atomic E-state index is 10.5. The Morgan fingerprint density at radius 1 is 0.972 bits per heavy atom. The van der Waals surface area contributed by atoms with Gasteiger partial charge in [0.25, 0.3) is 0 Å². The Bertz CT molecular complexity index is 1330. The number of fused-ring (bicyclic) bond motifs is 1. The normalized spacial score (nSPS) is 25.6. The van der Waals surface area contributed by atoms with Crippen LogP contribution in [0.3, 0.4) is 0 Å². The fourth-order valence-electron chi connectivity index (χ4n) is 5.54. The number of halogens is 1. The zero-order valence-corrected chi connectivity index (χ0v) is 20.1. The van der Waals surface area contributed by atoms with Crippen LogP contribution < -0.4 is 4.90 Å². The molecule has 4 atom stereocenters. The Balaban J connectivity index is 1.41. The highest BCUT2D eigenvalue weighted by molar-refractivity contribution is 6.28. The standard InChI is InChI=1S/C26H26ClN5O4/c27-25-29-22(19-23(30-25)32(15-28-19)24-21(35)20(34)18(13-33)36-24)31-12-11-26(14-31,16-7-3-1-4-8-16)17-9-5-2-6-10-17/h1-10,15,18,20-21,24,33-35H,11-14H2. The largest absolute Gasteiger partial charge is 0.394 e. The van der Waals surface area contributed by atoms with Crippen LogP contribution in [0.4, 0.5) is 5.82 Å². The average molecular weight is 508 g/mol. The van der Waals surface area contributed by atoms with Crippen LogP contribution >= 0.6 is 11.6 Å². The van der Waals surface area contributed by atoms with Gasteiger partial charge in [-0.3, -0.25) is 4.57 Å². The van der Waals surface area contributed by atoms with Crippen LogP contribution in [0.5, 0.6) is 0 Å². The zero-order valence-electron chi connectivity index (χ0n) is 19.4. The summed E-state index contributed by atoms with van der Waals surface area (Å²) in [5.74, 6) is 0.601. The minimum atomic E-state index is -1.26. The van der Waals surface area contributed by atoms with Gasteiger partial charge in [0.15, 0.2) is 23.2 Å². The molecule has 2 aliphatic rings. The molecule has 0 radical (unpaired) electrons. The number of rotatable bonds is 5. The molecule has 0 spiro atoms. The van der Waals surface area contributed by atoms with Crippen LogP contribution in [-0.2, 0) is 10.2 Å². The third-order valence-electron chi connectivity index (χ3n) is 7.39. The minimum Gasteiger partial charge on any atom is -0.394 e. The molecule has 2 aromatic heterocycles. The topological polar surface area (TPSA) is 117 Å². The molecule has 0 bridgehead atoms. The van der Waals surface area contributed by atoms with Gasteiger partial charge in [0, 0.05) is 18.5 Å². The number of hydrogen-bond acceptors (Lipinski definition) is 8. The number of ether oxygens (including phenoxy) is 1. The Kier molecular flexibility index (Phi) is 5.89. The summed E-state index contributed by atoms with van der Waals surface area (Å²) in [6, 6.07) is 20.9. The molecule has 2 aliphatic heterocycles. The molecule has 6 rings (SSSR count). The fraction of sp³-hybridized carbons (Fsp3) is 0.346. The number of hydrogen-bond donors (Lipinski definition) is 3. The predicted octanol–water partition coefficient (Wildman–Crippen LogP) is 2.29. The summed E-state index contributed by atoms with van der Waals surface area (Å²) in [7, 11) is 0. The third kappa shape index (κ3) is 3.66. The lowest BCUT2D eigenvalue weighted by atomic mass is 9.74. The van der Waals surface area contributed by atoms with Gasteiger partial charge in [0.2, 0.25) is 5.28 Å². The molecule has 4 heterocycles. The third-order valence-corrected chi connectivity index (χ3v) is 7.56. The maximum atomic E-state index is 10.5. The second kappa shape index (κ2) is 9.10. The van der Waals surface area contributed by atoms with E-state index >= 15 is 0 Å². The van der Waals surface area contributed by atoms with Crippen molar-refractivity contribution in [3.05, 3.63) is 83.4 Å². The Hall–Kier alpha value is -3.08. The predicted molar refractivity (Wildman–Crippen MR) is 134 cm³/mol. The van der Waals surface area contributed by atoms with Crippen molar-refractivity contribution in [2.75, 3.05) is 24.6 Å². The zero-order chi connectivity index (χ0) is 24.9. The summed E-state index contributed by atoms with van der Waals surface area (Å²) in [4.78, 5) is 15.6. The van der Waals surface area contributed by atoms with Gasteiger partial charge in [-0.15, -0.1) is 0 Å². The van der Waals surface area contributed by atoms with Crippen molar-refractivity contribution in [1.82, 2.24) is 19.5 Å². The lowest BCUT2D eigenvalue weighted by Crippen LogP contribution is -2.33. The second-order valence-electron chi connectivity index (χ2n) is 9.35. The SMILES string of the molecule is OCC1OC(n2cnc3c(N4CCC(c5ccccc5)(c5ccccc5)C4)nc(Cl)nc32)C(O)C1O. The average Bonchev–Trinajstić information content (AvgIpc) is 3.62. The first-order valence-corrected chi connectivity index (χ1v) is 12.3. The van der Waals surface area contributed by atoms with E-state index in [0.29, 0.717) is 23.5 Å². The van der Waals surface area contributed by atoms with E-state index in [1.54, 1.807) is 0 Å². The number of aliphatic hydroxyl groups is 3. The number of imidazole rings is 1. The molecule has 4 aromatic rings. The molecule has 10 heteroatoms. The Morgan fingerprint density at radius 2 is 1.64 bits per heavy atom. The molecule has 2 fully saturated rings. The van der Waals surface area contributed by atoms with Gasteiger partial charge < -0.3 is 25.0 Å². The van der Waals surface area contributed by atoms with E-state index < -0.39 is 31.1 Å². The van der Waals surface area contributed by atoms with Crippen molar-refractivity contribution in [2.24, 2.45) is 0 Å². The Labute approximate surface area is 212 Å². The summed E-state index contributed by atoms with van der Waals surface area (Å²) in [5, 5.41) is 30.3. The molecule has 186 valence electrons. The first-order valence-electron chi connectivity index (χ1n) is 11.9. The van der Waals surface area contributed by atoms with E-state index in [-0.39, 0.29) is 10.7 Å². The number of anilines is 1. The van der Waals surface area contributed by atoms with Gasteiger partial charge in [0.1, 0.15) is 18.3 Å². The lowest BCUT2D eigenvalue weighted by molar-refractivity contribution is -0.0511. The van der Waals surface area contributed by atoms with Crippen LogP contribution in [0.2, 0.25) is 5.28 Å². The molecule has 0 aliphatic carbocycles. The van der Waals surface area contributed by atoms with E-state index in [1.165, 1.54) is 22.0 Å². The first kappa shape index (κ1) is 23.3. The van der Waals surface area contributed by atoms with Crippen LogP contribution in [0, 0.1) is 0 Å². The van der Waals surface area contributed by atoms with E-state index in [0.717, 1.165) is 13.0 Å². The number of aromatic nitrogens is 4. The van der Waals surface area contributed by atoms with E-state index in [2.05, 4.69) is 68.4 Å². The van der Waals surface area contributed by atoms with Crippen molar-refractivity contribution in [3.8, 4) is 0 Å². The summed E-state index contributed by atoms with van der Waals surface area (Å²) in [5.41, 5.74) is 3.13. The Morgan fingerprint density at radius 3 is 2.25 bits per heavy atom. The van der Waals surface area contributed by atoms with Gasteiger partial charge in [-0.05, 0) is 29.1 Å². The van der Waals surface area contributed by atoms with Crippen LogP contribution in [0.15, 0.2) is 67.0 Å². The van der Waals surface area contributed by atoms with E-state index in [1.807, 2.05) is 12.1 Å². The smallest absolute Gasteiger partial charge is 0.226 e. The van der Waals surface area contributed by atoms with Crippen LogP contribution in [0.25, 0.3) is 11.2 Å². The molecule has 0 amide bonds. The van der Waals surface area contributed by atoms with E-state index in [4.69, 9.17) is 16.3 Å². The number of benzene rings is 2. The van der Waals surface area contributed by atoms with Crippen molar-refractivity contribution in [1.29, 1.82) is 0 Å². The molecule has 9 nitrogen and oxygen atoms in total. The van der Waals surface area contributed by atoms with Crippen molar-refractivity contribution < 1.29 is 20.1 Å². The molecule has 4 unspecified atom stereocenters. The molecule has 2 saturated heterocycles. The summed E-state index contributed by atoms with van der Waals surface area (Å²) in [6.45, 7) is 0.980. The van der Waals surface area contributed by atoms with Gasteiger partial charge in [-0.1, -0.05) is 60.7 Å². The maximum Gasteiger partial charge on any atom is 0.226 e. The molecule has 36 heavy (non-hydrogen) atoms. The summed E-state index contributed by atoms with van der Waals surface area (Å²) >= 11 is 6.38. The van der Waals surface area contributed by atoms with Crippen LogP contribution in [-0.4, -0.2) is 72.8 Å². The molecule has 2 aromatic carbocycles. The number of nitrogens with zero attached hydrogens (tertiary/aromatic N) is 5. The van der Waals surface area contributed by atoms with Crippen molar-refractivity contribution in [2.45, 2.75) is 36.4 Å². The van der Waals surface area contributed by atoms with E-state index in [9.17, 15) is 15.3 Å². The highest BCUT2D eigenvalue weighted by Gasteiger charge is 2.45. The van der Waals surface area contributed by atoms with Crippen molar-refractivity contribution >= 4 is 28.6 Å². The quantitative estimate of drug-likeness (QED) is 0.352. The van der Waals surface area contributed by atoms with Crippen LogP contribution in [0.1, 0.15) is 23.8 Å². The highest BCUT2D eigenvalue weighted by Crippen LogP contribution is 2.43. The van der Waals surface area contributed by atoms with Gasteiger partial charge in [0.05, 0.1) is 12.9 Å². The molecule has 0 saturated carbocycles. The van der Waals surface area contributed by atoms with Gasteiger partial charge in [-0.2, -0.15) is 9.97 Å². The number of aliphatic hydroxyl groups excluding tert-OH is 3. The fourth-order valence-corrected chi connectivity index (χ4v) is 5.70. The monoisotopic (exact) mass is 507 g/mol. The van der Waals surface area contributed by atoms with Gasteiger partial charge in [-0.25, -0.2) is 4.98 Å². The highest BCUT2D eigenvalue weighted by atomic mass is 35.5. The first-order chi connectivity index (χ1) is 17.5. The van der Waals surface area contributed by atoms with Gasteiger partial charge >= 0.3 is 0 Å². The molecular formula is C26H26ClN5O4. The molecular weight excluding hydrogens is 482 g/mol.